The predicted molar refractivity (Wildman–Crippen MR) is 169 cm³/mol. The Bertz CT molecular complexity index is 1100. The van der Waals surface area contributed by atoms with Crippen LogP contribution in [0.25, 0.3) is 0 Å². The topological polar surface area (TPSA) is 36.0 Å². The lowest BCUT2D eigenvalue weighted by Crippen LogP contribution is -2.48. The molecule has 1 amide bonds. The molecule has 5 rings (SSSR count). The van der Waals surface area contributed by atoms with Gasteiger partial charge in [-0.2, -0.15) is 0 Å². The number of ether oxygens (including phenoxy) is 1. The second kappa shape index (κ2) is 14.2. The van der Waals surface area contributed by atoms with Gasteiger partial charge in [0.1, 0.15) is 5.75 Å². The van der Waals surface area contributed by atoms with Gasteiger partial charge in [-0.25, -0.2) is 0 Å². The zero-order valence-electron chi connectivity index (χ0n) is 26.0. The fraction of sp³-hybridized carbons (Fsp3) is 0.639. The first-order chi connectivity index (χ1) is 19.9. The van der Waals surface area contributed by atoms with Crippen molar-refractivity contribution in [3.8, 4) is 5.75 Å². The Hall–Kier alpha value is -2.37. The fourth-order valence-corrected chi connectivity index (χ4v) is 7.44. The van der Waals surface area contributed by atoms with Gasteiger partial charge in [0.2, 0.25) is 5.91 Å². The van der Waals surface area contributed by atoms with E-state index >= 15 is 0 Å². The summed E-state index contributed by atoms with van der Waals surface area (Å²) in [5.41, 5.74) is 3.76. The van der Waals surface area contributed by atoms with Gasteiger partial charge in [-0.05, 0) is 122 Å². The van der Waals surface area contributed by atoms with Crippen molar-refractivity contribution in [1.29, 1.82) is 0 Å². The molecule has 2 aromatic carbocycles. The summed E-state index contributed by atoms with van der Waals surface area (Å²) in [4.78, 5) is 21.5. The quantitative estimate of drug-likeness (QED) is 0.346. The lowest BCUT2D eigenvalue weighted by molar-refractivity contribution is -0.131. The van der Waals surface area contributed by atoms with Crippen molar-refractivity contribution in [2.45, 2.75) is 103 Å². The third kappa shape index (κ3) is 8.14. The number of carbonyl (C=O) groups is 1. The Balaban J connectivity index is 1.27. The molecule has 0 aliphatic carbocycles. The molecule has 0 radical (unpaired) electrons. The van der Waals surface area contributed by atoms with Crippen molar-refractivity contribution in [3.05, 3.63) is 65.2 Å². The van der Waals surface area contributed by atoms with E-state index in [1.54, 1.807) is 0 Å². The fourth-order valence-electron chi connectivity index (χ4n) is 7.44. The maximum Gasteiger partial charge on any atom is 0.227 e. The number of benzene rings is 2. The minimum atomic E-state index is 0.00613. The van der Waals surface area contributed by atoms with Crippen molar-refractivity contribution < 1.29 is 9.53 Å². The molecule has 0 unspecified atom stereocenters. The van der Waals surface area contributed by atoms with Gasteiger partial charge < -0.3 is 19.4 Å². The molecule has 41 heavy (non-hydrogen) atoms. The summed E-state index contributed by atoms with van der Waals surface area (Å²) >= 11 is 0. The highest BCUT2D eigenvalue weighted by atomic mass is 16.5. The Labute approximate surface area is 249 Å². The molecule has 0 N–H and O–H groups in total. The van der Waals surface area contributed by atoms with E-state index in [1.807, 2.05) is 32.0 Å². The lowest BCUT2D eigenvalue weighted by atomic mass is 9.73. The Kier molecular flexibility index (Phi) is 10.4. The maximum absolute atomic E-state index is 13.8. The van der Waals surface area contributed by atoms with Crippen molar-refractivity contribution in [1.82, 2.24) is 14.7 Å². The molecular weight excluding hydrogens is 506 g/mol. The molecule has 3 fully saturated rings. The second-order valence-electron chi connectivity index (χ2n) is 13.3. The van der Waals surface area contributed by atoms with Crippen LogP contribution in [0.4, 0.5) is 0 Å². The van der Waals surface area contributed by atoms with Crippen LogP contribution in [0.3, 0.4) is 0 Å². The molecule has 2 aromatic rings. The highest BCUT2D eigenvalue weighted by Crippen LogP contribution is 2.38. The molecule has 3 aliphatic heterocycles. The molecule has 1 atom stereocenters. The lowest BCUT2D eigenvalue weighted by Gasteiger charge is -2.42. The van der Waals surface area contributed by atoms with Crippen LogP contribution in [0, 0.1) is 6.92 Å². The number of hydrogen-bond acceptors (Lipinski definition) is 4. The summed E-state index contributed by atoms with van der Waals surface area (Å²) in [6.07, 6.45) is 11.9. The summed E-state index contributed by atoms with van der Waals surface area (Å²) in [6.45, 7) is 14.1. The monoisotopic (exact) mass is 559 g/mol. The molecule has 5 heteroatoms. The molecule has 0 bridgehead atoms. The summed E-state index contributed by atoms with van der Waals surface area (Å²) in [6, 6.07) is 18.1. The SMILES string of the molecule is Cc1ccc([C@@]2(CCN3CCC(N4CCCCC4)CC3)CCCCN(C(=O)Cc3cccc(OC(C)C)c3)C2)cc1. The van der Waals surface area contributed by atoms with E-state index in [4.69, 9.17) is 4.74 Å². The molecule has 3 aliphatic rings. The first-order valence-electron chi connectivity index (χ1n) is 16.5. The Morgan fingerprint density at radius 3 is 2.39 bits per heavy atom. The molecule has 3 saturated heterocycles. The van der Waals surface area contributed by atoms with E-state index < -0.39 is 0 Å². The maximum atomic E-state index is 13.8. The number of aryl methyl sites for hydroxylation is 1. The first kappa shape index (κ1) is 30.1. The number of amides is 1. The second-order valence-corrected chi connectivity index (χ2v) is 13.3. The average molecular weight is 560 g/mol. The number of piperidine rings is 2. The predicted octanol–water partition coefficient (Wildman–Crippen LogP) is 6.62. The van der Waals surface area contributed by atoms with E-state index in [0.717, 1.165) is 56.3 Å². The Morgan fingerprint density at radius 2 is 1.66 bits per heavy atom. The standard InChI is InChI=1S/C36H53N3O2/c1-29(2)41-34-11-9-10-31(26-34)27-35(40)39-22-8-5-18-36(28-39,32-14-12-30(3)13-15-32)19-25-37-23-16-33(17-24-37)38-20-6-4-7-21-38/h9-15,26,29,33H,4-8,16-25,27-28H2,1-3H3/t36-/m1/s1. The van der Waals surface area contributed by atoms with Crippen molar-refractivity contribution in [2.24, 2.45) is 0 Å². The number of carbonyl (C=O) groups excluding carboxylic acids is 1. The van der Waals surface area contributed by atoms with Gasteiger partial charge in [0, 0.05) is 24.5 Å². The van der Waals surface area contributed by atoms with E-state index in [1.165, 1.54) is 75.8 Å². The van der Waals surface area contributed by atoms with Crippen LogP contribution in [0.1, 0.15) is 88.3 Å². The van der Waals surface area contributed by atoms with E-state index in [-0.39, 0.29) is 17.4 Å². The van der Waals surface area contributed by atoms with Crippen LogP contribution in [0.2, 0.25) is 0 Å². The molecule has 3 heterocycles. The van der Waals surface area contributed by atoms with E-state index in [0.29, 0.717) is 6.42 Å². The number of likely N-dealkylation sites (tertiary alicyclic amines) is 3. The van der Waals surface area contributed by atoms with Crippen LogP contribution >= 0.6 is 0 Å². The zero-order valence-corrected chi connectivity index (χ0v) is 26.0. The van der Waals surface area contributed by atoms with E-state index in [9.17, 15) is 4.79 Å². The number of hydrogen-bond donors (Lipinski definition) is 0. The van der Waals surface area contributed by atoms with Gasteiger partial charge >= 0.3 is 0 Å². The van der Waals surface area contributed by atoms with Crippen LogP contribution in [0.5, 0.6) is 5.75 Å². The minimum absolute atomic E-state index is 0.00613. The molecule has 0 spiro atoms. The van der Waals surface area contributed by atoms with Crippen LogP contribution in [-0.2, 0) is 16.6 Å². The van der Waals surface area contributed by atoms with Gasteiger partial charge in [-0.1, -0.05) is 54.8 Å². The molecule has 0 saturated carbocycles. The van der Waals surface area contributed by atoms with Gasteiger partial charge in [0.15, 0.2) is 0 Å². The average Bonchev–Trinajstić information content (AvgIpc) is 3.21. The van der Waals surface area contributed by atoms with Gasteiger partial charge in [0.25, 0.3) is 0 Å². The largest absolute Gasteiger partial charge is 0.491 e. The highest BCUT2D eigenvalue weighted by molar-refractivity contribution is 5.79. The third-order valence-corrected chi connectivity index (χ3v) is 9.84. The zero-order chi connectivity index (χ0) is 28.7. The van der Waals surface area contributed by atoms with Gasteiger partial charge in [-0.15, -0.1) is 0 Å². The molecule has 224 valence electrons. The first-order valence-corrected chi connectivity index (χ1v) is 16.5. The third-order valence-electron chi connectivity index (χ3n) is 9.84. The molecule has 0 aromatic heterocycles. The Morgan fingerprint density at radius 1 is 0.927 bits per heavy atom. The van der Waals surface area contributed by atoms with Crippen molar-refractivity contribution in [2.75, 3.05) is 45.8 Å². The van der Waals surface area contributed by atoms with Crippen LogP contribution in [0.15, 0.2) is 48.5 Å². The summed E-state index contributed by atoms with van der Waals surface area (Å²) < 4.78 is 5.90. The normalized spacial score (nSPS) is 23.5. The summed E-state index contributed by atoms with van der Waals surface area (Å²) in [7, 11) is 0. The minimum Gasteiger partial charge on any atom is -0.491 e. The summed E-state index contributed by atoms with van der Waals surface area (Å²) in [5.74, 6) is 1.09. The van der Waals surface area contributed by atoms with Crippen LogP contribution < -0.4 is 4.74 Å². The molecule has 5 nitrogen and oxygen atoms in total. The van der Waals surface area contributed by atoms with Crippen molar-refractivity contribution >= 4 is 5.91 Å². The van der Waals surface area contributed by atoms with Gasteiger partial charge in [0.05, 0.1) is 12.5 Å². The molecular formula is C36H53N3O2. The number of rotatable bonds is 9. The van der Waals surface area contributed by atoms with Crippen molar-refractivity contribution in [3.63, 3.8) is 0 Å². The van der Waals surface area contributed by atoms with Crippen LogP contribution in [-0.4, -0.2) is 78.6 Å². The number of nitrogens with zero attached hydrogens (tertiary/aromatic N) is 3. The van der Waals surface area contributed by atoms with E-state index in [2.05, 4.69) is 52.0 Å². The summed E-state index contributed by atoms with van der Waals surface area (Å²) in [5, 5.41) is 0. The smallest absolute Gasteiger partial charge is 0.227 e. The highest BCUT2D eigenvalue weighted by Gasteiger charge is 2.38. The van der Waals surface area contributed by atoms with Gasteiger partial charge in [-0.3, -0.25) is 4.79 Å².